The third-order valence-corrected chi connectivity index (χ3v) is 3.15. The van der Waals surface area contributed by atoms with Crippen LogP contribution < -0.4 is 34.9 Å². The minimum Gasteiger partial charge on any atom is -0.726 e. The van der Waals surface area contributed by atoms with Gasteiger partial charge < -0.3 is 30.3 Å². The van der Waals surface area contributed by atoms with Crippen molar-refractivity contribution in [1.29, 1.82) is 0 Å². The van der Waals surface area contributed by atoms with E-state index in [1.807, 2.05) is 0 Å². The predicted molar refractivity (Wildman–Crippen MR) is 67.6 cm³/mol. The van der Waals surface area contributed by atoms with E-state index in [0.29, 0.717) is 6.42 Å². The molecule has 10 nitrogen and oxygen atoms in total. The summed E-state index contributed by atoms with van der Waals surface area (Å²) in [5, 5.41) is 40.2. The molecule has 22 heavy (non-hydrogen) atoms. The molecule has 0 saturated carbocycles. The molecule has 5 N–H and O–H groups in total. The van der Waals surface area contributed by atoms with Gasteiger partial charge in [0, 0.05) is 6.04 Å². The Labute approximate surface area is 150 Å². The monoisotopic (exact) mass is 353 g/mol. The van der Waals surface area contributed by atoms with Crippen LogP contribution in [0.25, 0.3) is 0 Å². The average Bonchev–Trinajstić information content (AvgIpc) is 2.40. The third kappa shape index (κ3) is 9.35. The summed E-state index contributed by atoms with van der Waals surface area (Å²) >= 11 is 0. The summed E-state index contributed by atoms with van der Waals surface area (Å²) in [6.07, 6.45) is -7.66. The van der Waals surface area contributed by atoms with Crippen LogP contribution in [0.2, 0.25) is 0 Å². The van der Waals surface area contributed by atoms with Crippen LogP contribution >= 0.6 is 0 Å². The number of aliphatic hydroxyl groups excluding tert-OH is 4. The zero-order valence-electron chi connectivity index (χ0n) is 12.5. The molecular formula is C10H20NNaO9S. The van der Waals surface area contributed by atoms with Crippen molar-refractivity contribution in [2.75, 3.05) is 6.61 Å². The van der Waals surface area contributed by atoms with Crippen molar-refractivity contribution >= 4 is 16.3 Å². The second-order valence-corrected chi connectivity index (χ2v) is 5.56. The summed E-state index contributed by atoms with van der Waals surface area (Å²) in [4.78, 5) is 11.5. The first-order chi connectivity index (χ1) is 9.49. The number of rotatable bonds is 9. The van der Waals surface area contributed by atoms with Gasteiger partial charge in [-0.15, -0.1) is 0 Å². The Bertz CT molecular complexity index is 432. The molecule has 0 aromatic heterocycles. The Morgan fingerprint density at radius 3 is 2.14 bits per heavy atom. The normalized spacial score (nSPS) is 18.5. The van der Waals surface area contributed by atoms with Gasteiger partial charge >= 0.3 is 29.6 Å². The van der Waals surface area contributed by atoms with Crippen LogP contribution in [-0.4, -0.2) is 76.4 Å². The van der Waals surface area contributed by atoms with Crippen LogP contribution in [0.5, 0.6) is 0 Å². The van der Waals surface area contributed by atoms with E-state index in [0.717, 1.165) is 0 Å². The summed E-state index contributed by atoms with van der Waals surface area (Å²) in [5.41, 5.74) is 0. The molecule has 1 amide bonds. The van der Waals surface area contributed by atoms with Crippen LogP contribution in [0.1, 0.15) is 20.3 Å². The molecule has 0 aromatic rings. The topological polar surface area (TPSA) is 176 Å². The van der Waals surface area contributed by atoms with Gasteiger partial charge in [-0.2, -0.15) is 0 Å². The molecule has 5 atom stereocenters. The molecule has 0 heterocycles. The van der Waals surface area contributed by atoms with Crippen molar-refractivity contribution in [2.24, 2.45) is 0 Å². The van der Waals surface area contributed by atoms with Crippen molar-refractivity contribution < 1.29 is 71.9 Å². The van der Waals surface area contributed by atoms with Gasteiger partial charge in [-0.3, -0.25) is 8.98 Å². The molecule has 0 aliphatic rings. The zero-order chi connectivity index (χ0) is 16.8. The molecule has 0 spiro atoms. The van der Waals surface area contributed by atoms with Crippen LogP contribution in [0.3, 0.4) is 0 Å². The molecule has 0 aliphatic heterocycles. The SMILES string of the molecule is CCC(C)NC(=O)[C@H](O)[C@@H](O)[C@H](O)[C@H](O)COS(=O)(=O)[O-].[Na+]. The van der Waals surface area contributed by atoms with E-state index in [1.54, 1.807) is 13.8 Å². The summed E-state index contributed by atoms with van der Waals surface area (Å²) in [5.74, 6) is -0.972. The van der Waals surface area contributed by atoms with Gasteiger partial charge in [-0.25, -0.2) is 8.42 Å². The first-order valence-electron chi connectivity index (χ1n) is 6.12. The van der Waals surface area contributed by atoms with Gasteiger partial charge in [0.2, 0.25) is 10.4 Å². The summed E-state index contributed by atoms with van der Waals surface area (Å²) in [7, 11) is -5.08. The third-order valence-electron chi connectivity index (χ3n) is 2.72. The second kappa shape index (κ2) is 10.9. The molecule has 0 aromatic carbocycles. The van der Waals surface area contributed by atoms with Gasteiger partial charge in [-0.1, -0.05) is 6.92 Å². The van der Waals surface area contributed by atoms with Crippen LogP contribution in [0.4, 0.5) is 0 Å². The fraction of sp³-hybridized carbons (Fsp3) is 0.900. The predicted octanol–water partition coefficient (Wildman–Crippen LogP) is -6.17. The maximum absolute atomic E-state index is 11.5. The Kier molecular flexibility index (Phi) is 12.1. The maximum Gasteiger partial charge on any atom is 1.00 e. The van der Waals surface area contributed by atoms with Crippen molar-refractivity contribution in [3.05, 3.63) is 0 Å². The molecule has 12 heteroatoms. The van der Waals surface area contributed by atoms with Gasteiger partial charge in [-0.05, 0) is 13.3 Å². The van der Waals surface area contributed by atoms with E-state index in [-0.39, 0.29) is 35.6 Å². The number of nitrogens with one attached hydrogen (secondary N) is 1. The van der Waals surface area contributed by atoms with Crippen molar-refractivity contribution in [3.63, 3.8) is 0 Å². The van der Waals surface area contributed by atoms with E-state index in [2.05, 4.69) is 9.50 Å². The molecule has 126 valence electrons. The molecule has 0 saturated heterocycles. The molecule has 0 rings (SSSR count). The molecule has 0 bridgehead atoms. The Morgan fingerprint density at radius 1 is 1.23 bits per heavy atom. The van der Waals surface area contributed by atoms with E-state index < -0.39 is 47.3 Å². The molecular weight excluding hydrogens is 333 g/mol. The van der Waals surface area contributed by atoms with Crippen molar-refractivity contribution in [1.82, 2.24) is 5.32 Å². The number of hydrogen-bond donors (Lipinski definition) is 5. The Balaban J connectivity index is 0. The number of hydrogen-bond acceptors (Lipinski definition) is 9. The summed E-state index contributed by atoms with van der Waals surface area (Å²) in [6.45, 7) is 2.30. The second-order valence-electron chi connectivity index (χ2n) is 4.50. The summed E-state index contributed by atoms with van der Waals surface area (Å²) in [6, 6.07) is -0.282. The van der Waals surface area contributed by atoms with Crippen LogP contribution in [-0.2, 0) is 19.4 Å². The first-order valence-corrected chi connectivity index (χ1v) is 7.45. The number of carbonyl (C=O) groups is 1. The largest absolute Gasteiger partial charge is 1.00 e. The molecule has 0 radical (unpaired) electrons. The fourth-order valence-electron chi connectivity index (χ4n) is 1.25. The fourth-order valence-corrected chi connectivity index (χ4v) is 1.56. The van der Waals surface area contributed by atoms with E-state index >= 15 is 0 Å². The smallest absolute Gasteiger partial charge is 0.726 e. The van der Waals surface area contributed by atoms with Crippen LogP contribution in [0, 0.1) is 0 Å². The van der Waals surface area contributed by atoms with E-state index in [9.17, 15) is 38.2 Å². The van der Waals surface area contributed by atoms with Crippen LogP contribution in [0.15, 0.2) is 0 Å². The number of amides is 1. The minimum absolute atomic E-state index is 0. The maximum atomic E-state index is 11.5. The quantitative estimate of drug-likeness (QED) is 0.153. The molecule has 0 aliphatic carbocycles. The Morgan fingerprint density at radius 2 is 1.73 bits per heavy atom. The number of aliphatic hydroxyl groups is 4. The average molecular weight is 353 g/mol. The molecule has 1 unspecified atom stereocenters. The van der Waals surface area contributed by atoms with Crippen molar-refractivity contribution in [2.45, 2.75) is 50.7 Å². The minimum atomic E-state index is -5.08. The van der Waals surface area contributed by atoms with E-state index in [1.165, 1.54) is 0 Å². The zero-order valence-corrected chi connectivity index (χ0v) is 15.4. The van der Waals surface area contributed by atoms with Gasteiger partial charge in [0.25, 0.3) is 5.91 Å². The van der Waals surface area contributed by atoms with E-state index in [4.69, 9.17) is 0 Å². The standard InChI is InChI=1S/C10H21NO9S.Na/c1-3-5(2)11-10(16)9(15)8(14)7(13)6(12)4-20-21(17,18)19;/h5-9,12-15H,3-4H2,1-2H3,(H,11,16)(H,17,18,19);/q;+1/p-1/t5?,6-,7-,8+,9-;/m1./s1. The Hall–Kier alpha value is 0.180. The van der Waals surface area contributed by atoms with Crippen molar-refractivity contribution in [3.8, 4) is 0 Å². The van der Waals surface area contributed by atoms with Gasteiger partial charge in [0.05, 0.1) is 6.61 Å². The number of carbonyl (C=O) groups excluding carboxylic acids is 1. The van der Waals surface area contributed by atoms with Gasteiger partial charge in [0.1, 0.15) is 18.3 Å². The summed E-state index contributed by atoms with van der Waals surface area (Å²) < 4.78 is 34.2. The molecule has 0 fully saturated rings. The van der Waals surface area contributed by atoms with Gasteiger partial charge in [0.15, 0.2) is 6.10 Å². The first kappa shape index (κ1) is 24.4.